The van der Waals surface area contributed by atoms with Crippen molar-refractivity contribution in [2.75, 3.05) is 7.11 Å². The number of nitro groups is 1. The van der Waals surface area contributed by atoms with E-state index in [4.69, 9.17) is 11.6 Å². The Balaban J connectivity index is 3.35. The first-order chi connectivity index (χ1) is 6.97. The molecule has 0 aliphatic heterocycles. The number of methoxy groups -OCH3 is 1. The summed E-state index contributed by atoms with van der Waals surface area (Å²) in [7, 11) is 1.12. The molecule has 0 radical (unpaired) electrons. The number of aromatic nitrogens is 1. The summed E-state index contributed by atoms with van der Waals surface area (Å²) in [6.45, 7) is 0. The molecule has 82 valence electrons. The summed E-state index contributed by atoms with van der Waals surface area (Å²) < 4.78 is 29.2. The van der Waals surface area contributed by atoms with E-state index in [1.807, 2.05) is 0 Å². The van der Waals surface area contributed by atoms with Gasteiger partial charge in [-0.15, -0.1) is 0 Å². The Morgan fingerprint density at radius 2 is 2.27 bits per heavy atom. The highest BCUT2D eigenvalue weighted by molar-refractivity contribution is 6.30. The highest BCUT2D eigenvalue weighted by Gasteiger charge is 2.25. The van der Waals surface area contributed by atoms with Crippen molar-refractivity contribution < 1.29 is 18.4 Å². The lowest BCUT2D eigenvalue weighted by atomic mass is 10.3. The normalized spacial score (nSPS) is 10.5. The second-order valence-electron chi connectivity index (χ2n) is 2.45. The van der Waals surface area contributed by atoms with Crippen LogP contribution < -0.4 is 4.74 Å². The minimum absolute atomic E-state index is 0.347. The van der Waals surface area contributed by atoms with Crippen molar-refractivity contribution in [3.05, 3.63) is 26.9 Å². The third kappa shape index (κ3) is 2.30. The average molecular weight is 239 g/mol. The predicted octanol–water partition coefficient (Wildman–Crippen LogP) is 2.59. The predicted molar refractivity (Wildman–Crippen MR) is 47.4 cm³/mol. The summed E-state index contributed by atoms with van der Waals surface area (Å²) in [5.41, 5.74) is -0.598. The summed E-state index contributed by atoms with van der Waals surface area (Å²) in [5.74, 6) is -1.04. The number of pyridine rings is 1. The van der Waals surface area contributed by atoms with Gasteiger partial charge in [-0.05, 0) is 21.5 Å². The molecule has 0 aliphatic rings. The van der Waals surface area contributed by atoms with E-state index < -0.39 is 27.9 Å². The Morgan fingerprint density at radius 3 is 2.67 bits per heavy atom. The Labute approximate surface area is 87.8 Å². The van der Waals surface area contributed by atoms with E-state index in [2.05, 4.69) is 9.72 Å². The minimum atomic E-state index is -2.86. The molecule has 1 heterocycles. The molecule has 0 aromatic carbocycles. The molecule has 0 spiro atoms. The van der Waals surface area contributed by atoms with Gasteiger partial charge in [-0.1, -0.05) is 0 Å². The van der Waals surface area contributed by atoms with Crippen LogP contribution in [0.5, 0.6) is 5.75 Å². The van der Waals surface area contributed by atoms with Gasteiger partial charge in [0, 0.05) is 6.07 Å². The molecule has 0 saturated carbocycles. The molecule has 1 aromatic heterocycles. The molecule has 0 amide bonds. The lowest BCUT2D eigenvalue weighted by molar-refractivity contribution is -0.390. The maximum Gasteiger partial charge on any atom is 0.407 e. The van der Waals surface area contributed by atoms with Crippen LogP contribution in [0.4, 0.5) is 14.6 Å². The SMILES string of the molecule is COc1cc(C(F)F)c(Cl)nc1[N+](=O)[O-]. The van der Waals surface area contributed by atoms with E-state index in [0.29, 0.717) is 0 Å². The Morgan fingerprint density at radius 1 is 1.67 bits per heavy atom. The van der Waals surface area contributed by atoms with Gasteiger partial charge in [0.25, 0.3) is 11.6 Å². The summed E-state index contributed by atoms with van der Waals surface area (Å²) in [4.78, 5) is 12.8. The average Bonchev–Trinajstić information content (AvgIpc) is 2.16. The minimum Gasteiger partial charge on any atom is -0.489 e. The lowest BCUT2D eigenvalue weighted by Gasteiger charge is -2.04. The highest BCUT2D eigenvalue weighted by Crippen LogP contribution is 2.34. The third-order valence-electron chi connectivity index (χ3n) is 1.58. The van der Waals surface area contributed by atoms with Gasteiger partial charge in [0.15, 0.2) is 0 Å². The van der Waals surface area contributed by atoms with Crippen molar-refractivity contribution in [1.29, 1.82) is 0 Å². The van der Waals surface area contributed by atoms with Gasteiger partial charge in [0.05, 0.1) is 12.7 Å². The molecular weight excluding hydrogens is 234 g/mol. The largest absolute Gasteiger partial charge is 0.489 e. The fourth-order valence-corrected chi connectivity index (χ4v) is 1.13. The molecule has 0 unspecified atom stereocenters. The zero-order valence-corrected chi connectivity index (χ0v) is 8.16. The highest BCUT2D eigenvalue weighted by atomic mass is 35.5. The Hall–Kier alpha value is -1.50. The second kappa shape index (κ2) is 4.35. The maximum absolute atomic E-state index is 12.3. The summed E-state index contributed by atoms with van der Waals surface area (Å²) in [5, 5.41) is 9.83. The smallest absolute Gasteiger partial charge is 0.407 e. The molecule has 0 N–H and O–H groups in total. The molecule has 5 nitrogen and oxygen atoms in total. The van der Waals surface area contributed by atoms with E-state index in [1.165, 1.54) is 0 Å². The monoisotopic (exact) mass is 238 g/mol. The first-order valence-electron chi connectivity index (χ1n) is 3.64. The van der Waals surface area contributed by atoms with Gasteiger partial charge >= 0.3 is 5.82 Å². The number of nitrogens with zero attached hydrogens (tertiary/aromatic N) is 2. The fourth-order valence-electron chi connectivity index (χ4n) is 0.912. The standard InChI is InChI=1S/C7H5ClF2N2O3/c1-15-4-2-3(6(9)10)5(8)11-7(4)12(13)14/h2,6H,1H3. The fraction of sp³-hybridized carbons (Fsp3) is 0.286. The van der Waals surface area contributed by atoms with Crippen LogP contribution in [0.2, 0.25) is 5.15 Å². The second-order valence-corrected chi connectivity index (χ2v) is 2.81. The molecule has 0 atom stereocenters. The number of hydrogen-bond acceptors (Lipinski definition) is 4. The molecule has 15 heavy (non-hydrogen) atoms. The quantitative estimate of drug-likeness (QED) is 0.461. The van der Waals surface area contributed by atoms with Crippen LogP contribution in [0, 0.1) is 10.1 Å². The zero-order valence-electron chi connectivity index (χ0n) is 7.41. The van der Waals surface area contributed by atoms with Crippen LogP contribution in [0.3, 0.4) is 0 Å². The van der Waals surface area contributed by atoms with E-state index >= 15 is 0 Å². The van der Waals surface area contributed by atoms with Gasteiger partial charge in [0.2, 0.25) is 5.75 Å². The van der Waals surface area contributed by atoms with Gasteiger partial charge in [-0.3, -0.25) is 0 Å². The van der Waals surface area contributed by atoms with Crippen LogP contribution in [0.1, 0.15) is 12.0 Å². The van der Waals surface area contributed by atoms with Crippen LogP contribution in [0.25, 0.3) is 0 Å². The molecule has 0 aliphatic carbocycles. The van der Waals surface area contributed by atoms with Gasteiger partial charge in [-0.25, -0.2) is 8.78 Å². The van der Waals surface area contributed by atoms with Crippen LogP contribution >= 0.6 is 11.6 Å². The van der Waals surface area contributed by atoms with E-state index in [1.54, 1.807) is 0 Å². The molecular formula is C7H5ClF2N2O3. The third-order valence-corrected chi connectivity index (χ3v) is 1.88. The Kier molecular flexibility index (Phi) is 3.35. The van der Waals surface area contributed by atoms with Crippen molar-refractivity contribution in [1.82, 2.24) is 4.98 Å². The first-order valence-corrected chi connectivity index (χ1v) is 4.02. The number of ether oxygens (including phenoxy) is 1. The lowest BCUT2D eigenvalue weighted by Crippen LogP contribution is -2.00. The molecule has 8 heteroatoms. The number of halogens is 3. The van der Waals surface area contributed by atoms with Crippen LogP contribution in [0.15, 0.2) is 6.07 Å². The van der Waals surface area contributed by atoms with Crippen molar-refractivity contribution in [3.8, 4) is 5.75 Å². The van der Waals surface area contributed by atoms with Crippen molar-refractivity contribution in [2.24, 2.45) is 0 Å². The maximum atomic E-state index is 12.3. The number of alkyl halides is 2. The van der Waals surface area contributed by atoms with E-state index in [0.717, 1.165) is 13.2 Å². The van der Waals surface area contributed by atoms with Crippen molar-refractivity contribution in [2.45, 2.75) is 6.43 Å². The van der Waals surface area contributed by atoms with Crippen LogP contribution in [-0.4, -0.2) is 17.0 Å². The number of rotatable bonds is 3. The first kappa shape index (κ1) is 11.6. The van der Waals surface area contributed by atoms with Gasteiger partial charge < -0.3 is 14.9 Å². The van der Waals surface area contributed by atoms with Gasteiger partial charge in [-0.2, -0.15) is 0 Å². The molecule has 0 bridgehead atoms. The summed E-state index contributed by atoms with van der Waals surface area (Å²) in [6.07, 6.45) is -2.86. The molecule has 1 rings (SSSR count). The van der Waals surface area contributed by atoms with E-state index in [-0.39, 0.29) is 5.75 Å². The molecule has 1 aromatic rings. The number of hydrogen-bond donors (Lipinski definition) is 0. The molecule has 0 fully saturated rings. The van der Waals surface area contributed by atoms with E-state index in [9.17, 15) is 18.9 Å². The molecule has 0 saturated heterocycles. The zero-order chi connectivity index (χ0) is 11.6. The van der Waals surface area contributed by atoms with Crippen molar-refractivity contribution >= 4 is 17.4 Å². The summed E-state index contributed by atoms with van der Waals surface area (Å²) >= 11 is 5.35. The van der Waals surface area contributed by atoms with Crippen molar-refractivity contribution in [3.63, 3.8) is 0 Å². The van der Waals surface area contributed by atoms with Gasteiger partial charge in [0.1, 0.15) is 0 Å². The summed E-state index contributed by atoms with van der Waals surface area (Å²) in [6, 6.07) is 0.804. The topological polar surface area (TPSA) is 65.3 Å². The van der Waals surface area contributed by atoms with Crippen LogP contribution in [-0.2, 0) is 0 Å². The Bertz CT molecular complexity index is 400.